The van der Waals surface area contributed by atoms with Crippen LogP contribution in [0.4, 0.5) is 0 Å². The van der Waals surface area contributed by atoms with E-state index in [0.717, 1.165) is 0 Å². The average Bonchev–Trinajstić information content (AvgIpc) is 1.61. The van der Waals surface area contributed by atoms with Gasteiger partial charge in [0.05, 0.1) is 6.61 Å². The number of allylic oxidation sites excluding steroid dienone is 1. The minimum absolute atomic E-state index is 0.0319. The minimum Gasteiger partial charge on any atom is -0.392 e. The van der Waals surface area contributed by atoms with Crippen LogP contribution in [0, 0.1) is 12.3 Å². The van der Waals surface area contributed by atoms with Crippen LogP contribution in [-0.2, 0) is 0 Å². The number of hydrogen-bond donors (Lipinski definition) is 1. The van der Waals surface area contributed by atoms with Crippen LogP contribution in [0.3, 0.4) is 0 Å². The molecule has 0 rings (SSSR count). The quantitative estimate of drug-likeness (QED) is 0.447. The number of aliphatic hydroxyl groups is 1. The van der Waals surface area contributed by atoms with E-state index in [1.807, 2.05) is 0 Å². The summed E-state index contributed by atoms with van der Waals surface area (Å²) in [6.07, 6.45) is 7.72. The van der Waals surface area contributed by atoms with Gasteiger partial charge in [-0.1, -0.05) is 12.0 Å². The Kier molecular flexibility index (Phi) is 3.73. The van der Waals surface area contributed by atoms with Crippen LogP contribution in [0.5, 0.6) is 0 Å². The summed E-state index contributed by atoms with van der Waals surface area (Å²) < 4.78 is 0. The summed E-state index contributed by atoms with van der Waals surface area (Å²) in [4.78, 5) is 0. The third-order valence-corrected chi connectivity index (χ3v) is 0.319. The van der Waals surface area contributed by atoms with E-state index in [1.165, 1.54) is 12.2 Å². The molecule has 0 atom stereocenters. The van der Waals surface area contributed by atoms with Crippen LogP contribution in [0.15, 0.2) is 12.2 Å². The van der Waals surface area contributed by atoms with Crippen LogP contribution in [-0.4, -0.2) is 11.7 Å². The van der Waals surface area contributed by atoms with Gasteiger partial charge < -0.3 is 5.11 Å². The Balaban J connectivity index is 3.02. The van der Waals surface area contributed by atoms with Gasteiger partial charge >= 0.3 is 0 Å². The first-order valence-electron chi connectivity index (χ1n) is 1.64. The van der Waals surface area contributed by atoms with Gasteiger partial charge in [-0.3, -0.25) is 0 Å². The van der Waals surface area contributed by atoms with Gasteiger partial charge in [0, 0.05) is 0 Å². The van der Waals surface area contributed by atoms with E-state index in [2.05, 4.69) is 5.92 Å². The van der Waals surface area contributed by atoms with Crippen molar-refractivity contribution >= 4 is 0 Å². The minimum atomic E-state index is 0.0319. The maximum atomic E-state index is 8.02. The number of terminal acetylenes is 1. The van der Waals surface area contributed by atoms with Crippen molar-refractivity contribution in [1.29, 1.82) is 0 Å². The van der Waals surface area contributed by atoms with Crippen LogP contribution in [0.1, 0.15) is 0 Å². The van der Waals surface area contributed by atoms with Crippen LogP contribution >= 0.6 is 0 Å². The van der Waals surface area contributed by atoms with E-state index < -0.39 is 0 Å². The topological polar surface area (TPSA) is 20.2 Å². The van der Waals surface area contributed by atoms with Gasteiger partial charge in [0.25, 0.3) is 0 Å². The molecule has 0 heterocycles. The van der Waals surface area contributed by atoms with E-state index in [0.29, 0.717) is 0 Å². The predicted molar refractivity (Wildman–Crippen MR) is 25.1 cm³/mol. The fourth-order valence-corrected chi connectivity index (χ4v) is 0.121. The van der Waals surface area contributed by atoms with Gasteiger partial charge in [-0.05, 0) is 6.08 Å². The lowest BCUT2D eigenvalue weighted by molar-refractivity contribution is 0.343. The third-order valence-electron chi connectivity index (χ3n) is 0.319. The molecular formula is C5H6O. The normalized spacial score (nSPS) is 8.67. The fourth-order valence-electron chi connectivity index (χ4n) is 0.121. The molecule has 0 amide bonds. The smallest absolute Gasteiger partial charge is 0.0621 e. The molecule has 0 saturated carbocycles. The Bertz CT molecular complexity index is 76.4. The Labute approximate surface area is 37.3 Å². The van der Waals surface area contributed by atoms with Crippen molar-refractivity contribution in [2.75, 3.05) is 6.61 Å². The highest BCUT2D eigenvalue weighted by molar-refractivity contribution is 5.08. The molecule has 0 aliphatic heterocycles. The second-order valence-corrected chi connectivity index (χ2v) is 0.752. The van der Waals surface area contributed by atoms with Crippen molar-refractivity contribution in [3.05, 3.63) is 12.2 Å². The van der Waals surface area contributed by atoms with Gasteiger partial charge in [0.2, 0.25) is 0 Å². The van der Waals surface area contributed by atoms with Crippen molar-refractivity contribution in [2.24, 2.45) is 0 Å². The van der Waals surface area contributed by atoms with E-state index in [4.69, 9.17) is 11.5 Å². The molecule has 0 bridgehead atoms. The second kappa shape index (κ2) is 4.26. The molecule has 0 unspecified atom stereocenters. The lowest BCUT2D eigenvalue weighted by atomic mass is 10.5. The van der Waals surface area contributed by atoms with Crippen LogP contribution in [0.25, 0.3) is 0 Å². The number of rotatable bonds is 1. The first kappa shape index (κ1) is 5.26. The maximum absolute atomic E-state index is 8.02. The van der Waals surface area contributed by atoms with E-state index in [1.54, 1.807) is 0 Å². The molecule has 1 heteroatoms. The SMILES string of the molecule is C#C/C=C/CO. The van der Waals surface area contributed by atoms with Gasteiger partial charge in [-0.2, -0.15) is 0 Å². The lowest BCUT2D eigenvalue weighted by Crippen LogP contribution is -1.66. The summed E-state index contributed by atoms with van der Waals surface area (Å²) in [6, 6.07) is 0. The highest BCUT2D eigenvalue weighted by Crippen LogP contribution is 1.61. The standard InChI is InChI=1S/C5H6O/c1-2-3-4-5-6/h1,3-4,6H,5H2/b4-3+. The summed E-state index contributed by atoms with van der Waals surface area (Å²) in [5.41, 5.74) is 0. The zero-order chi connectivity index (χ0) is 4.83. The molecule has 0 aliphatic rings. The molecule has 0 aromatic rings. The molecule has 0 fully saturated rings. The molecule has 1 nitrogen and oxygen atoms in total. The van der Waals surface area contributed by atoms with Crippen LogP contribution in [0.2, 0.25) is 0 Å². The van der Waals surface area contributed by atoms with Crippen molar-refractivity contribution < 1.29 is 5.11 Å². The van der Waals surface area contributed by atoms with E-state index in [-0.39, 0.29) is 6.61 Å². The highest BCUT2D eigenvalue weighted by atomic mass is 16.2. The molecule has 6 heavy (non-hydrogen) atoms. The Morgan fingerprint density at radius 1 is 1.83 bits per heavy atom. The monoisotopic (exact) mass is 82.0 g/mol. The zero-order valence-electron chi connectivity index (χ0n) is 3.39. The molecule has 0 radical (unpaired) electrons. The van der Waals surface area contributed by atoms with Gasteiger partial charge in [-0.15, -0.1) is 6.42 Å². The van der Waals surface area contributed by atoms with Gasteiger partial charge in [-0.25, -0.2) is 0 Å². The van der Waals surface area contributed by atoms with Crippen molar-refractivity contribution in [1.82, 2.24) is 0 Å². The lowest BCUT2D eigenvalue weighted by Gasteiger charge is -1.66. The first-order valence-corrected chi connectivity index (χ1v) is 1.64. The Morgan fingerprint density at radius 3 is 2.67 bits per heavy atom. The second-order valence-electron chi connectivity index (χ2n) is 0.752. The fraction of sp³-hybridized carbons (Fsp3) is 0.200. The molecule has 0 aromatic heterocycles. The Hall–Kier alpha value is -0.740. The summed E-state index contributed by atoms with van der Waals surface area (Å²) in [5.74, 6) is 2.23. The molecular weight excluding hydrogens is 76.1 g/mol. The largest absolute Gasteiger partial charge is 0.392 e. The summed E-state index contributed by atoms with van der Waals surface area (Å²) in [5, 5.41) is 8.02. The molecule has 0 aromatic carbocycles. The maximum Gasteiger partial charge on any atom is 0.0621 e. The Morgan fingerprint density at radius 2 is 2.50 bits per heavy atom. The van der Waals surface area contributed by atoms with Gasteiger partial charge in [0.1, 0.15) is 0 Å². The van der Waals surface area contributed by atoms with Crippen molar-refractivity contribution in [2.45, 2.75) is 0 Å². The summed E-state index contributed by atoms with van der Waals surface area (Å²) in [6.45, 7) is 0.0319. The first-order chi connectivity index (χ1) is 2.91. The predicted octanol–water partition coefficient (Wildman–Crippen LogP) is 0.168. The van der Waals surface area contributed by atoms with Crippen LogP contribution < -0.4 is 0 Å². The zero-order valence-corrected chi connectivity index (χ0v) is 3.39. The van der Waals surface area contributed by atoms with Crippen molar-refractivity contribution in [3.63, 3.8) is 0 Å². The van der Waals surface area contributed by atoms with E-state index in [9.17, 15) is 0 Å². The average molecular weight is 82.1 g/mol. The molecule has 0 saturated heterocycles. The summed E-state index contributed by atoms with van der Waals surface area (Å²) in [7, 11) is 0. The molecule has 0 aliphatic carbocycles. The highest BCUT2D eigenvalue weighted by Gasteiger charge is 1.55. The third kappa shape index (κ3) is 3.26. The molecule has 0 spiro atoms. The number of aliphatic hydroxyl groups excluding tert-OH is 1. The van der Waals surface area contributed by atoms with Gasteiger partial charge in [0.15, 0.2) is 0 Å². The van der Waals surface area contributed by atoms with Crippen molar-refractivity contribution in [3.8, 4) is 12.3 Å². The molecule has 1 N–H and O–H groups in total. The number of hydrogen-bond acceptors (Lipinski definition) is 1. The van der Waals surface area contributed by atoms with E-state index >= 15 is 0 Å². The molecule has 32 valence electrons. The summed E-state index contributed by atoms with van der Waals surface area (Å²) >= 11 is 0.